The summed E-state index contributed by atoms with van der Waals surface area (Å²) in [6.07, 6.45) is 2.82. The van der Waals surface area contributed by atoms with Gasteiger partial charge in [0.15, 0.2) is 0 Å². The first kappa shape index (κ1) is 19.6. The monoisotopic (exact) mass is 413 g/mol. The average molecular weight is 413 g/mol. The number of carbonyl (C=O) groups excluding carboxylic acids is 3. The highest BCUT2D eigenvalue weighted by Crippen LogP contribution is 2.39. The molecule has 2 aromatic rings. The van der Waals surface area contributed by atoms with Crippen LogP contribution in [0, 0.1) is 0 Å². The molecule has 1 aromatic carbocycles. The van der Waals surface area contributed by atoms with Crippen LogP contribution >= 0.6 is 11.3 Å². The van der Waals surface area contributed by atoms with Crippen molar-refractivity contribution in [3.63, 3.8) is 0 Å². The number of nitrogens with zero attached hydrogens (tertiary/aromatic N) is 1. The molecule has 2 N–H and O–H groups in total. The molecule has 7 nitrogen and oxygen atoms in total. The second-order valence-electron chi connectivity index (χ2n) is 7.14. The van der Waals surface area contributed by atoms with E-state index in [2.05, 4.69) is 10.7 Å². The number of hydrazine groups is 1. The molecule has 29 heavy (non-hydrogen) atoms. The minimum absolute atomic E-state index is 0.0818. The highest BCUT2D eigenvalue weighted by molar-refractivity contribution is 7.17. The summed E-state index contributed by atoms with van der Waals surface area (Å²) in [5.41, 5.74) is 5.22. The highest BCUT2D eigenvalue weighted by atomic mass is 32.1. The molecule has 152 valence electrons. The second kappa shape index (κ2) is 8.34. The van der Waals surface area contributed by atoms with Crippen LogP contribution in [0.3, 0.4) is 0 Å². The molecule has 0 unspecified atom stereocenters. The number of hydrogen-bond donors (Lipinski definition) is 2. The molecule has 1 aliphatic carbocycles. The van der Waals surface area contributed by atoms with Gasteiger partial charge in [-0.05, 0) is 37.3 Å². The number of benzene rings is 1. The molecule has 0 saturated carbocycles. The van der Waals surface area contributed by atoms with Crippen LogP contribution < -0.4 is 10.7 Å². The molecule has 1 aliphatic heterocycles. The van der Waals surface area contributed by atoms with Gasteiger partial charge in [0.25, 0.3) is 0 Å². The number of esters is 1. The average Bonchev–Trinajstić information content (AvgIpc) is 3.37. The molecule has 1 atom stereocenters. The Labute approximate surface area is 173 Å². The van der Waals surface area contributed by atoms with Crippen LogP contribution in [0.5, 0.6) is 0 Å². The largest absolute Gasteiger partial charge is 0.462 e. The number of hydrogen-bond acceptors (Lipinski definition) is 6. The maximum Gasteiger partial charge on any atom is 0.341 e. The van der Waals surface area contributed by atoms with Gasteiger partial charge in [0.2, 0.25) is 11.8 Å². The third kappa shape index (κ3) is 4.04. The van der Waals surface area contributed by atoms with E-state index in [0.717, 1.165) is 35.3 Å². The fourth-order valence-corrected chi connectivity index (χ4v) is 5.12. The van der Waals surface area contributed by atoms with E-state index in [9.17, 15) is 14.4 Å². The van der Waals surface area contributed by atoms with Gasteiger partial charge in [0.05, 0.1) is 18.6 Å². The summed E-state index contributed by atoms with van der Waals surface area (Å²) in [4.78, 5) is 38.6. The van der Waals surface area contributed by atoms with Gasteiger partial charge in [0.1, 0.15) is 11.0 Å². The first-order chi connectivity index (χ1) is 14.1. The Morgan fingerprint density at radius 3 is 2.83 bits per heavy atom. The van der Waals surface area contributed by atoms with Crippen molar-refractivity contribution in [2.75, 3.05) is 11.9 Å². The predicted molar refractivity (Wildman–Crippen MR) is 109 cm³/mol. The quantitative estimate of drug-likeness (QED) is 0.711. The van der Waals surface area contributed by atoms with Crippen LogP contribution in [0.1, 0.15) is 46.1 Å². The van der Waals surface area contributed by atoms with Gasteiger partial charge in [0, 0.05) is 11.4 Å². The second-order valence-corrected chi connectivity index (χ2v) is 8.24. The first-order valence-electron chi connectivity index (χ1n) is 9.79. The Morgan fingerprint density at radius 1 is 1.28 bits per heavy atom. The Balaban J connectivity index is 1.54. The molecule has 0 bridgehead atoms. The maximum absolute atomic E-state index is 13.0. The van der Waals surface area contributed by atoms with E-state index < -0.39 is 12.0 Å². The molecular weight excluding hydrogens is 390 g/mol. The van der Waals surface area contributed by atoms with E-state index in [1.54, 1.807) is 11.9 Å². The van der Waals surface area contributed by atoms with Gasteiger partial charge in [-0.2, -0.15) is 0 Å². The van der Waals surface area contributed by atoms with Crippen LogP contribution in [0.4, 0.5) is 5.00 Å². The van der Waals surface area contributed by atoms with Crippen LogP contribution in [0.25, 0.3) is 0 Å². The summed E-state index contributed by atoms with van der Waals surface area (Å²) >= 11 is 1.44. The van der Waals surface area contributed by atoms with Gasteiger partial charge < -0.3 is 10.1 Å². The van der Waals surface area contributed by atoms with E-state index in [4.69, 9.17) is 4.74 Å². The molecule has 2 aliphatic rings. The van der Waals surface area contributed by atoms with Crippen molar-refractivity contribution in [3.8, 4) is 0 Å². The molecule has 0 spiro atoms. The lowest BCUT2D eigenvalue weighted by molar-refractivity contribution is -0.121. The molecule has 1 saturated heterocycles. The number of nitrogens with one attached hydrogen (secondary N) is 2. The molecule has 1 aromatic heterocycles. The number of carbonyl (C=O) groups is 3. The maximum atomic E-state index is 13.0. The fraction of sp³-hybridized carbons (Fsp3) is 0.381. The van der Waals surface area contributed by atoms with Crippen molar-refractivity contribution in [2.45, 2.75) is 45.2 Å². The number of fused-ring (bicyclic) bond motifs is 1. The summed E-state index contributed by atoms with van der Waals surface area (Å²) in [6, 6.07) is 9.00. The van der Waals surface area contributed by atoms with Crippen LogP contribution in [-0.4, -0.2) is 35.4 Å². The van der Waals surface area contributed by atoms with E-state index >= 15 is 0 Å². The minimum atomic E-state index is -0.644. The molecule has 8 heteroatoms. The van der Waals surface area contributed by atoms with Crippen LogP contribution in [-0.2, 0) is 33.7 Å². The van der Waals surface area contributed by atoms with Gasteiger partial charge in [-0.3, -0.25) is 15.0 Å². The van der Waals surface area contributed by atoms with E-state index in [1.807, 2.05) is 30.3 Å². The molecule has 2 heterocycles. The number of anilines is 1. The van der Waals surface area contributed by atoms with E-state index in [-0.39, 0.29) is 24.8 Å². The number of rotatable bonds is 6. The van der Waals surface area contributed by atoms with Crippen molar-refractivity contribution in [2.24, 2.45) is 0 Å². The molecule has 1 fully saturated rings. The topological polar surface area (TPSA) is 87.7 Å². The van der Waals surface area contributed by atoms with Crippen molar-refractivity contribution in [1.29, 1.82) is 0 Å². The summed E-state index contributed by atoms with van der Waals surface area (Å²) in [6.45, 7) is 2.47. The molecule has 4 rings (SSSR count). The number of aryl methyl sites for hydroxylation is 1. The van der Waals surface area contributed by atoms with E-state index in [0.29, 0.717) is 17.1 Å². The van der Waals surface area contributed by atoms with Crippen molar-refractivity contribution >= 4 is 34.1 Å². The first-order valence-corrected chi connectivity index (χ1v) is 10.6. The van der Waals surface area contributed by atoms with Gasteiger partial charge in [-0.25, -0.2) is 9.80 Å². The van der Waals surface area contributed by atoms with Crippen LogP contribution in [0.15, 0.2) is 30.3 Å². The SMILES string of the molecule is CCOC(=O)c1c(NC(=O)[C@H]2CC(=O)NN2Cc2ccccc2)sc2c1CCC2. The zero-order chi connectivity index (χ0) is 20.4. The standard InChI is InChI=1S/C21H23N3O4S/c1-2-28-21(27)18-14-9-6-10-16(14)29-20(18)22-19(26)15-11-17(25)23-24(15)12-13-7-4-3-5-8-13/h3-5,7-8,15H,2,6,9-12H2,1H3,(H,22,26)(H,23,25)/t15-/m1/s1. The third-order valence-corrected chi connectivity index (χ3v) is 6.37. The molecule has 0 radical (unpaired) electrons. The molecule has 2 amide bonds. The van der Waals surface area contributed by atoms with Gasteiger partial charge in [-0.1, -0.05) is 30.3 Å². The lowest BCUT2D eigenvalue weighted by atomic mass is 10.1. The Kier molecular flexibility index (Phi) is 5.64. The van der Waals surface area contributed by atoms with Gasteiger partial charge >= 0.3 is 5.97 Å². The Hall–Kier alpha value is -2.71. The summed E-state index contributed by atoms with van der Waals surface area (Å²) in [5, 5.41) is 5.08. The van der Waals surface area contributed by atoms with Crippen LogP contribution in [0.2, 0.25) is 0 Å². The smallest absolute Gasteiger partial charge is 0.341 e. The highest BCUT2D eigenvalue weighted by Gasteiger charge is 2.37. The van der Waals surface area contributed by atoms with Crippen molar-refractivity contribution < 1.29 is 19.1 Å². The summed E-state index contributed by atoms with van der Waals surface area (Å²) in [5.74, 6) is -0.894. The third-order valence-electron chi connectivity index (χ3n) is 5.16. The summed E-state index contributed by atoms with van der Waals surface area (Å²) < 4.78 is 5.22. The van der Waals surface area contributed by atoms with Gasteiger partial charge in [-0.15, -0.1) is 11.3 Å². The lowest BCUT2D eigenvalue weighted by Gasteiger charge is -2.22. The Morgan fingerprint density at radius 2 is 2.07 bits per heavy atom. The molecular formula is C21H23N3O4S. The number of ether oxygens (including phenoxy) is 1. The van der Waals surface area contributed by atoms with Crippen molar-refractivity contribution in [3.05, 3.63) is 51.9 Å². The zero-order valence-electron chi connectivity index (χ0n) is 16.2. The zero-order valence-corrected chi connectivity index (χ0v) is 17.0. The fourth-order valence-electron chi connectivity index (χ4n) is 3.84. The normalized spacial score (nSPS) is 18.4. The minimum Gasteiger partial charge on any atom is -0.462 e. The van der Waals surface area contributed by atoms with Crippen molar-refractivity contribution in [1.82, 2.24) is 10.4 Å². The summed E-state index contributed by atoms with van der Waals surface area (Å²) in [7, 11) is 0. The lowest BCUT2D eigenvalue weighted by Crippen LogP contribution is -2.43. The number of amides is 2. The predicted octanol–water partition coefficient (Wildman–Crippen LogP) is 2.66. The Bertz CT molecular complexity index is 941. The number of thiophene rings is 1. The van der Waals surface area contributed by atoms with E-state index in [1.165, 1.54) is 11.3 Å².